The maximum absolute atomic E-state index is 13.4. The van der Waals surface area contributed by atoms with E-state index in [9.17, 15) is 9.18 Å². The average Bonchev–Trinajstić information content (AvgIpc) is 2.48. The lowest BCUT2D eigenvalue weighted by Crippen LogP contribution is -2.42. The Kier molecular flexibility index (Phi) is 7.64. The Morgan fingerprint density at radius 3 is 2.62 bits per heavy atom. The Balaban J connectivity index is 0.00000220. The van der Waals surface area contributed by atoms with Crippen LogP contribution in [0.5, 0.6) is 0 Å². The van der Waals surface area contributed by atoms with Gasteiger partial charge in [-0.1, -0.05) is 12.1 Å². The molecule has 0 saturated carbocycles. The highest BCUT2D eigenvalue weighted by Gasteiger charge is 2.18. The lowest BCUT2D eigenvalue weighted by atomic mass is 10.1. The van der Waals surface area contributed by atoms with Gasteiger partial charge in [-0.3, -0.25) is 4.79 Å². The third-order valence-electron chi connectivity index (χ3n) is 3.80. The van der Waals surface area contributed by atoms with Gasteiger partial charge in [-0.05, 0) is 45.1 Å². The molecule has 118 valence electrons. The van der Waals surface area contributed by atoms with E-state index in [0.717, 1.165) is 32.5 Å². The minimum atomic E-state index is -0.393. The first-order valence-corrected chi connectivity index (χ1v) is 7.13. The number of carbonyl (C=O) groups is 1. The van der Waals surface area contributed by atoms with Crippen molar-refractivity contribution in [2.75, 3.05) is 32.0 Å². The molecule has 1 aliphatic rings. The Bertz CT molecular complexity index is 450. The smallest absolute Gasteiger partial charge is 0.225 e. The van der Waals surface area contributed by atoms with E-state index in [1.165, 1.54) is 6.07 Å². The zero-order valence-corrected chi connectivity index (χ0v) is 13.1. The second-order valence-corrected chi connectivity index (χ2v) is 5.18. The fraction of sp³-hybridized carbons (Fsp3) is 0.533. The maximum Gasteiger partial charge on any atom is 0.225 e. The van der Waals surface area contributed by atoms with E-state index in [1.54, 1.807) is 18.2 Å². The number of piperidine rings is 1. The number of anilines is 1. The largest absolute Gasteiger partial charge is 0.324 e. The number of nitrogens with one attached hydrogen (secondary N) is 2. The first-order chi connectivity index (χ1) is 9.69. The van der Waals surface area contributed by atoms with Crippen LogP contribution in [0.3, 0.4) is 0 Å². The van der Waals surface area contributed by atoms with Crippen molar-refractivity contribution < 1.29 is 9.18 Å². The summed E-state index contributed by atoms with van der Waals surface area (Å²) in [7, 11) is 1.99. The first-order valence-electron chi connectivity index (χ1n) is 7.13. The molecule has 1 fully saturated rings. The van der Waals surface area contributed by atoms with Crippen LogP contribution in [0.25, 0.3) is 0 Å². The molecular weight excluding hydrogens is 293 g/mol. The van der Waals surface area contributed by atoms with Gasteiger partial charge in [0, 0.05) is 19.0 Å². The van der Waals surface area contributed by atoms with Gasteiger partial charge in [0.15, 0.2) is 0 Å². The summed E-state index contributed by atoms with van der Waals surface area (Å²) in [4.78, 5) is 14.1. The molecule has 0 atom stereocenters. The number of halogens is 2. The topological polar surface area (TPSA) is 44.4 Å². The lowest BCUT2D eigenvalue weighted by Gasteiger charge is -2.31. The quantitative estimate of drug-likeness (QED) is 0.876. The summed E-state index contributed by atoms with van der Waals surface area (Å²) in [5.41, 5.74) is 0.256. The van der Waals surface area contributed by atoms with Crippen molar-refractivity contribution in [1.82, 2.24) is 10.2 Å². The molecule has 1 heterocycles. The summed E-state index contributed by atoms with van der Waals surface area (Å²) in [6.07, 6.45) is 2.63. The average molecular weight is 316 g/mol. The maximum atomic E-state index is 13.4. The van der Waals surface area contributed by atoms with Crippen LogP contribution in [0.15, 0.2) is 24.3 Å². The number of para-hydroxylation sites is 1. The number of hydrogen-bond acceptors (Lipinski definition) is 3. The molecule has 0 bridgehead atoms. The minimum absolute atomic E-state index is 0. The zero-order chi connectivity index (χ0) is 14.4. The number of hydrogen-bond donors (Lipinski definition) is 2. The van der Waals surface area contributed by atoms with Crippen LogP contribution in [0.4, 0.5) is 10.1 Å². The van der Waals surface area contributed by atoms with Crippen LogP contribution in [-0.2, 0) is 4.79 Å². The molecule has 6 heteroatoms. The van der Waals surface area contributed by atoms with Crippen molar-refractivity contribution in [3.63, 3.8) is 0 Å². The number of amides is 1. The fourth-order valence-corrected chi connectivity index (χ4v) is 2.48. The van der Waals surface area contributed by atoms with Gasteiger partial charge in [-0.15, -0.1) is 12.4 Å². The third kappa shape index (κ3) is 5.61. The Morgan fingerprint density at radius 2 is 2.00 bits per heavy atom. The number of carbonyl (C=O) groups excluding carboxylic acids is 1. The highest BCUT2D eigenvalue weighted by atomic mass is 35.5. The van der Waals surface area contributed by atoms with Crippen LogP contribution in [0.1, 0.15) is 19.3 Å². The summed E-state index contributed by atoms with van der Waals surface area (Å²) < 4.78 is 13.4. The van der Waals surface area contributed by atoms with Gasteiger partial charge in [0.25, 0.3) is 0 Å². The van der Waals surface area contributed by atoms with E-state index in [2.05, 4.69) is 15.5 Å². The van der Waals surface area contributed by atoms with E-state index in [0.29, 0.717) is 12.5 Å². The summed E-state index contributed by atoms with van der Waals surface area (Å²) >= 11 is 0. The molecule has 0 spiro atoms. The molecule has 2 N–H and O–H groups in total. The molecule has 1 amide bonds. The molecule has 0 unspecified atom stereocenters. The van der Waals surface area contributed by atoms with E-state index >= 15 is 0 Å². The van der Waals surface area contributed by atoms with Crippen LogP contribution < -0.4 is 10.6 Å². The van der Waals surface area contributed by atoms with Crippen molar-refractivity contribution >= 4 is 24.0 Å². The SMILES string of the molecule is CNC1CCN(CCC(=O)Nc2ccccc2F)CC1.Cl. The van der Waals surface area contributed by atoms with E-state index in [4.69, 9.17) is 0 Å². The molecule has 0 aromatic heterocycles. The molecule has 1 aromatic rings. The van der Waals surface area contributed by atoms with Gasteiger partial charge >= 0.3 is 0 Å². The van der Waals surface area contributed by atoms with Gasteiger partial charge in [-0.25, -0.2) is 4.39 Å². The van der Waals surface area contributed by atoms with Crippen LogP contribution >= 0.6 is 12.4 Å². The van der Waals surface area contributed by atoms with E-state index in [1.807, 2.05) is 7.05 Å². The first kappa shape index (κ1) is 17.9. The molecule has 1 saturated heterocycles. The second kappa shape index (κ2) is 8.97. The standard InChI is InChI=1S/C15H22FN3O.ClH/c1-17-12-6-9-19(10-7-12)11-8-15(20)18-14-5-3-2-4-13(14)16;/h2-5,12,17H,6-11H2,1H3,(H,18,20);1H. The summed E-state index contributed by atoms with van der Waals surface area (Å²) in [5, 5.41) is 5.90. The van der Waals surface area contributed by atoms with Gasteiger partial charge in [-0.2, -0.15) is 0 Å². The monoisotopic (exact) mass is 315 g/mol. The highest BCUT2D eigenvalue weighted by Crippen LogP contribution is 2.13. The third-order valence-corrected chi connectivity index (χ3v) is 3.80. The number of benzene rings is 1. The zero-order valence-electron chi connectivity index (χ0n) is 12.3. The number of likely N-dealkylation sites (tertiary alicyclic amines) is 1. The lowest BCUT2D eigenvalue weighted by molar-refractivity contribution is -0.116. The molecular formula is C15H23ClFN3O. The van der Waals surface area contributed by atoms with Crippen LogP contribution in [-0.4, -0.2) is 43.5 Å². The Hall–Kier alpha value is -1.17. The highest BCUT2D eigenvalue weighted by molar-refractivity contribution is 5.90. The van der Waals surface area contributed by atoms with Gasteiger partial charge in [0.1, 0.15) is 5.82 Å². The van der Waals surface area contributed by atoms with E-state index < -0.39 is 5.82 Å². The van der Waals surface area contributed by atoms with Crippen LogP contribution in [0.2, 0.25) is 0 Å². The normalized spacial score (nSPS) is 16.3. The Labute approximate surface area is 131 Å². The molecule has 21 heavy (non-hydrogen) atoms. The Morgan fingerprint density at radius 1 is 1.33 bits per heavy atom. The molecule has 4 nitrogen and oxygen atoms in total. The number of rotatable bonds is 5. The van der Waals surface area contributed by atoms with E-state index in [-0.39, 0.29) is 24.0 Å². The van der Waals surface area contributed by atoms with Gasteiger partial charge in [0.2, 0.25) is 5.91 Å². The molecule has 1 aliphatic heterocycles. The molecule has 1 aromatic carbocycles. The predicted molar refractivity (Wildman–Crippen MR) is 85.4 cm³/mol. The van der Waals surface area contributed by atoms with Crippen molar-refractivity contribution in [2.45, 2.75) is 25.3 Å². The van der Waals surface area contributed by atoms with Crippen molar-refractivity contribution in [3.05, 3.63) is 30.1 Å². The van der Waals surface area contributed by atoms with Crippen molar-refractivity contribution in [1.29, 1.82) is 0 Å². The summed E-state index contributed by atoms with van der Waals surface area (Å²) in [6.45, 7) is 2.76. The summed E-state index contributed by atoms with van der Waals surface area (Å²) in [6, 6.07) is 6.83. The van der Waals surface area contributed by atoms with Crippen molar-refractivity contribution in [2.24, 2.45) is 0 Å². The predicted octanol–water partition coefficient (Wildman–Crippen LogP) is 2.26. The molecule has 0 aliphatic carbocycles. The van der Waals surface area contributed by atoms with Gasteiger partial charge in [0.05, 0.1) is 5.69 Å². The summed E-state index contributed by atoms with van der Waals surface area (Å²) in [5.74, 6) is -0.526. The minimum Gasteiger partial charge on any atom is -0.324 e. The van der Waals surface area contributed by atoms with Crippen LogP contribution in [0, 0.1) is 5.82 Å². The molecule has 2 rings (SSSR count). The molecule has 0 radical (unpaired) electrons. The van der Waals surface area contributed by atoms with Gasteiger partial charge < -0.3 is 15.5 Å². The van der Waals surface area contributed by atoms with Crippen molar-refractivity contribution in [3.8, 4) is 0 Å². The fourth-order valence-electron chi connectivity index (χ4n) is 2.48. The number of nitrogens with zero attached hydrogens (tertiary/aromatic N) is 1. The second-order valence-electron chi connectivity index (χ2n) is 5.18.